The van der Waals surface area contributed by atoms with Crippen molar-refractivity contribution in [2.45, 2.75) is 43.0 Å². The van der Waals surface area contributed by atoms with Gasteiger partial charge in [-0.25, -0.2) is 0 Å². The molecule has 194 valence electrons. The second kappa shape index (κ2) is 12.9. The minimum atomic E-state index is -1.89. The number of ether oxygens (including phenoxy) is 2. The zero-order valence-corrected chi connectivity index (χ0v) is 24.2. The van der Waals surface area contributed by atoms with E-state index in [-0.39, 0.29) is 46.5 Å². The summed E-state index contributed by atoms with van der Waals surface area (Å²) in [6, 6.07) is 36.5. The molecule has 1 aliphatic heterocycles. The maximum atomic E-state index is 15.2. The van der Waals surface area contributed by atoms with E-state index >= 15 is 10.2 Å². The number of halogens is 2. The number of hydrogen-bond donors (Lipinski definition) is 0. The average molecular weight is 583 g/mol. The Bertz CT molecular complexity index is 1080. The summed E-state index contributed by atoms with van der Waals surface area (Å²) in [5, 5.41) is 30.3. The van der Waals surface area contributed by atoms with Crippen molar-refractivity contribution in [3.05, 3.63) is 144 Å². The van der Waals surface area contributed by atoms with E-state index in [1.807, 2.05) is 72.8 Å². The van der Waals surface area contributed by atoms with Gasteiger partial charge in [0.1, 0.15) is 0 Å². The molecule has 0 radical (unpaired) electrons. The molecule has 0 N–H and O–H groups in total. The molecule has 0 saturated carbocycles. The molecule has 4 aromatic carbocycles. The van der Waals surface area contributed by atoms with Crippen LogP contribution in [0, 0.1) is 0 Å². The molecule has 2 atom stereocenters. The van der Waals surface area contributed by atoms with E-state index in [2.05, 4.69) is 0 Å². The first-order valence-electron chi connectivity index (χ1n) is 11.8. The summed E-state index contributed by atoms with van der Waals surface area (Å²) in [6.45, 7) is 3.51. The zero-order chi connectivity index (χ0) is 24.5. The van der Waals surface area contributed by atoms with Gasteiger partial charge in [0.2, 0.25) is 0 Å². The topological polar surface area (TPSA) is 64.6 Å². The molecule has 7 heteroatoms. The van der Waals surface area contributed by atoms with Crippen LogP contribution in [0.4, 0.5) is 0 Å². The summed E-state index contributed by atoms with van der Waals surface area (Å²) in [7, 11) is 0. The van der Waals surface area contributed by atoms with E-state index in [0.29, 0.717) is 22.3 Å². The molecule has 0 aromatic heterocycles. The Kier molecular flexibility index (Phi) is 10.9. The Labute approximate surface area is 251 Å². The minimum absolute atomic E-state index is 0. The third kappa shape index (κ3) is 5.79. The largest absolute Gasteiger partial charge is 4.00 e. The summed E-state index contributed by atoms with van der Waals surface area (Å²) in [5.74, 6) is -1.13. The van der Waals surface area contributed by atoms with Gasteiger partial charge < -0.3 is 44.5 Å². The molecule has 1 heterocycles. The van der Waals surface area contributed by atoms with Crippen LogP contribution in [-0.2, 0) is 42.4 Å². The molecule has 0 unspecified atom stereocenters. The Morgan fingerprint density at radius 1 is 0.500 bits per heavy atom. The quantitative estimate of drug-likeness (QED) is 0.250. The van der Waals surface area contributed by atoms with Crippen LogP contribution in [0.1, 0.15) is 36.1 Å². The number of hydrogen-bond acceptors (Lipinski definition) is 4. The van der Waals surface area contributed by atoms with Gasteiger partial charge >= 0.3 is 21.7 Å². The van der Waals surface area contributed by atoms with Crippen molar-refractivity contribution >= 4 is 0 Å². The molecule has 0 bridgehead atoms. The van der Waals surface area contributed by atoms with E-state index in [1.165, 1.54) is 0 Å². The third-order valence-electron chi connectivity index (χ3n) is 6.71. The van der Waals surface area contributed by atoms with Crippen LogP contribution < -0.4 is 35.0 Å². The van der Waals surface area contributed by atoms with Gasteiger partial charge in [0, 0.05) is 0 Å². The molecular weight excluding hydrogens is 555 g/mol. The van der Waals surface area contributed by atoms with Gasteiger partial charge in [-0.2, -0.15) is 0 Å². The maximum absolute atomic E-state index is 15.2. The van der Waals surface area contributed by atoms with Crippen molar-refractivity contribution in [1.82, 2.24) is 0 Å². The van der Waals surface area contributed by atoms with Crippen molar-refractivity contribution in [2.75, 3.05) is 0 Å². The van der Waals surface area contributed by atoms with E-state index in [1.54, 1.807) is 62.4 Å². The SMILES string of the molecule is CC1(C)O[C@@H](C([O-])(c2ccccc2)c2ccccc2)[C@H](C([O-])(c2ccccc2)c2ccccc2)O1.[Cl-].[Cl-].[Ti+4]. The van der Waals surface area contributed by atoms with Crippen LogP contribution in [-0.4, -0.2) is 18.0 Å². The Morgan fingerprint density at radius 3 is 0.921 bits per heavy atom. The van der Waals surface area contributed by atoms with E-state index in [9.17, 15) is 0 Å². The monoisotopic (exact) mass is 582 g/mol. The summed E-state index contributed by atoms with van der Waals surface area (Å²) < 4.78 is 12.8. The molecule has 0 amide bonds. The molecule has 1 fully saturated rings. The third-order valence-corrected chi connectivity index (χ3v) is 6.71. The van der Waals surface area contributed by atoms with Gasteiger partial charge in [-0.1, -0.05) is 144 Å². The fourth-order valence-electron chi connectivity index (χ4n) is 5.09. The normalized spacial score (nSPS) is 18.4. The predicted octanol–water partition coefficient (Wildman–Crippen LogP) is -1.88. The fraction of sp³-hybridized carbons (Fsp3) is 0.226. The van der Waals surface area contributed by atoms with Crippen LogP contribution in [0.2, 0.25) is 0 Å². The first-order valence-corrected chi connectivity index (χ1v) is 11.8. The van der Waals surface area contributed by atoms with Gasteiger partial charge in [0.15, 0.2) is 5.79 Å². The van der Waals surface area contributed by atoms with Crippen LogP contribution in [0.15, 0.2) is 121 Å². The smallest absolute Gasteiger partial charge is 1.00 e. The van der Waals surface area contributed by atoms with Crippen LogP contribution >= 0.6 is 0 Å². The summed E-state index contributed by atoms with van der Waals surface area (Å²) in [5.41, 5.74) is -1.70. The second-order valence-corrected chi connectivity index (χ2v) is 9.41. The Balaban J connectivity index is 0.00000169. The number of benzene rings is 4. The van der Waals surface area contributed by atoms with Crippen molar-refractivity contribution in [3.63, 3.8) is 0 Å². The van der Waals surface area contributed by atoms with Gasteiger partial charge in [-0.15, -0.1) is 0 Å². The van der Waals surface area contributed by atoms with E-state index in [0.717, 1.165) is 0 Å². The zero-order valence-electron chi connectivity index (χ0n) is 21.1. The van der Waals surface area contributed by atoms with Crippen LogP contribution in [0.25, 0.3) is 0 Å². The summed E-state index contributed by atoms with van der Waals surface area (Å²) >= 11 is 0. The standard InChI is InChI=1S/C31H28O4.2ClH.Ti/c1-29(2)34-27(30(32,23-15-7-3-8-16-23)24-17-9-4-10-18-24)28(35-29)31(33,25-19-11-5-12-20-25)26-21-13-6-14-22-26;;;/h3-22,27-28H,1-2H3;2*1H;/q-2;;;+4/p-2/t27-,28-;;;/m1.../s1. The van der Waals surface area contributed by atoms with Gasteiger partial charge in [-0.05, 0) is 25.0 Å². The molecular formula is C31H28Cl2O4Ti. The van der Waals surface area contributed by atoms with Crippen molar-refractivity contribution in [1.29, 1.82) is 0 Å². The van der Waals surface area contributed by atoms with Crippen molar-refractivity contribution in [2.24, 2.45) is 0 Å². The molecule has 0 spiro atoms. The molecule has 4 nitrogen and oxygen atoms in total. The maximum Gasteiger partial charge on any atom is 4.00 e. The second-order valence-electron chi connectivity index (χ2n) is 9.41. The Morgan fingerprint density at radius 2 is 0.711 bits per heavy atom. The molecule has 4 aromatic rings. The fourth-order valence-corrected chi connectivity index (χ4v) is 5.09. The molecule has 5 rings (SSSR count). The first kappa shape index (κ1) is 32.2. The minimum Gasteiger partial charge on any atom is -1.00 e. The predicted molar refractivity (Wildman–Crippen MR) is 131 cm³/mol. The van der Waals surface area contributed by atoms with Crippen molar-refractivity contribution in [3.8, 4) is 0 Å². The molecule has 1 saturated heterocycles. The molecule has 1 aliphatic rings. The molecule has 38 heavy (non-hydrogen) atoms. The Hall–Kier alpha value is -1.99. The summed E-state index contributed by atoms with van der Waals surface area (Å²) in [4.78, 5) is 0. The molecule has 0 aliphatic carbocycles. The van der Waals surface area contributed by atoms with Crippen LogP contribution in [0.5, 0.6) is 0 Å². The van der Waals surface area contributed by atoms with Gasteiger partial charge in [-0.3, -0.25) is 0 Å². The van der Waals surface area contributed by atoms with E-state index in [4.69, 9.17) is 9.47 Å². The average Bonchev–Trinajstić information content (AvgIpc) is 3.26. The summed E-state index contributed by atoms with van der Waals surface area (Å²) in [6.07, 6.45) is -2.22. The van der Waals surface area contributed by atoms with Gasteiger partial charge in [0.25, 0.3) is 0 Å². The van der Waals surface area contributed by atoms with Gasteiger partial charge in [0.05, 0.1) is 12.2 Å². The number of rotatable bonds is 6. The first-order chi connectivity index (χ1) is 16.9. The van der Waals surface area contributed by atoms with Crippen LogP contribution in [0.3, 0.4) is 0 Å². The van der Waals surface area contributed by atoms with E-state index < -0.39 is 29.2 Å². The van der Waals surface area contributed by atoms with Crippen molar-refractivity contribution < 1.29 is 66.2 Å².